The Hall–Kier alpha value is -2.68. The van der Waals surface area contributed by atoms with E-state index >= 15 is 0 Å². The fourth-order valence-electron chi connectivity index (χ4n) is 3.61. The molecule has 0 aliphatic carbocycles. The molecule has 3 heterocycles. The maximum absolute atomic E-state index is 12.4. The first-order valence-electron chi connectivity index (χ1n) is 10.3. The first-order valence-corrected chi connectivity index (χ1v) is 12.1. The van der Waals surface area contributed by atoms with E-state index < -0.39 is 0 Å². The molecule has 4 rings (SSSR count). The van der Waals surface area contributed by atoms with E-state index in [2.05, 4.69) is 39.2 Å². The number of anilines is 1. The summed E-state index contributed by atoms with van der Waals surface area (Å²) in [7, 11) is 0. The lowest BCUT2D eigenvalue weighted by Gasteiger charge is -2.32. The highest BCUT2D eigenvalue weighted by Crippen LogP contribution is 2.25. The second-order valence-corrected chi connectivity index (χ2v) is 9.65. The van der Waals surface area contributed by atoms with Crippen molar-refractivity contribution in [3.05, 3.63) is 74.1 Å². The van der Waals surface area contributed by atoms with Crippen LogP contribution in [0.4, 0.5) is 10.5 Å². The van der Waals surface area contributed by atoms with Gasteiger partial charge >= 0.3 is 6.03 Å². The SMILES string of the molecule is CC(CNC(=O)Nc1cccc(C(=O)NCc2cccs2)c1)N1CCc2sccc2C1. The average molecular weight is 455 g/mol. The van der Waals surface area contributed by atoms with Gasteiger partial charge in [0, 0.05) is 46.7 Å². The molecule has 2 aromatic heterocycles. The Labute approximate surface area is 190 Å². The molecule has 162 valence electrons. The van der Waals surface area contributed by atoms with Gasteiger partial charge in [-0.05, 0) is 60.0 Å². The lowest BCUT2D eigenvalue weighted by molar-refractivity contribution is 0.0951. The standard InChI is InChI=1S/C23H26N4O2S2/c1-16(27-9-7-21-18(15-27)8-11-31-21)13-25-23(29)26-19-5-2-4-17(12-19)22(28)24-14-20-6-3-10-30-20/h2-6,8,10-12,16H,7,9,13-15H2,1H3,(H,24,28)(H2,25,26,29). The van der Waals surface area contributed by atoms with Gasteiger partial charge < -0.3 is 16.0 Å². The summed E-state index contributed by atoms with van der Waals surface area (Å²) < 4.78 is 0. The fourth-order valence-corrected chi connectivity index (χ4v) is 5.15. The maximum atomic E-state index is 12.4. The van der Waals surface area contributed by atoms with E-state index in [1.165, 1.54) is 10.4 Å². The third-order valence-corrected chi connectivity index (χ3v) is 7.30. The second-order valence-electron chi connectivity index (χ2n) is 7.62. The zero-order chi connectivity index (χ0) is 21.6. The molecule has 0 radical (unpaired) electrons. The molecule has 0 bridgehead atoms. The number of rotatable bonds is 7. The predicted octanol–water partition coefficient (Wildman–Crippen LogP) is 4.31. The van der Waals surface area contributed by atoms with E-state index in [1.807, 2.05) is 28.8 Å². The third-order valence-electron chi connectivity index (χ3n) is 5.40. The molecule has 3 N–H and O–H groups in total. The molecule has 1 aromatic carbocycles. The number of urea groups is 1. The van der Waals surface area contributed by atoms with Crippen LogP contribution in [0.2, 0.25) is 0 Å². The minimum Gasteiger partial charge on any atom is -0.347 e. The first kappa shape index (κ1) is 21.5. The Morgan fingerprint density at radius 3 is 2.84 bits per heavy atom. The number of amides is 3. The van der Waals surface area contributed by atoms with E-state index in [4.69, 9.17) is 0 Å². The highest BCUT2D eigenvalue weighted by molar-refractivity contribution is 7.10. The van der Waals surface area contributed by atoms with E-state index in [1.54, 1.807) is 35.6 Å². The van der Waals surface area contributed by atoms with Crippen LogP contribution in [0.25, 0.3) is 0 Å². The number of benzene rings is 1. The van der Waals surface area contributed by atoms with Gasteiger partial charge in [0.05, 0.1) is 6.54 Å². The Kier molecular flexibility index (Phi) is 7.01. The molecule has 0 saturated carbocycles. The van der Waals surface area contributed by atoms with Crippen molar-refractivity contribution in [2.24, 2.45) is 0 Å². The molecule has 8 heteroatoms. The van der Waals surface area contributed by atoms with Crippen molar-refractivity contribution in [2.45, 2.75) is 32.5 Å². The summed E-state index contributed by atoms with van der Waals surface area (Å²) >= 11 is 3.43. The number of hydrogen-bond acceptors (Lipinski definition) is 5. The quantitative estimate of drug-likeness (QED) is 0.498. The molecule has 1 unspecified atom stereocenters. The average Bonchev–Trinajstić information content (AvgIpc) is 3.47. The summed E-state index contributed by atoms with van der Waals surface area (Å²) in [6.45, 7) is 5.14. The minimum atomic E-state index is -0.267. The molecule has 0 spiro atoms. The lowest BCUT2D eigenvalue weighted by atomic mass is 10.1. The van der Waals surface area contributed by atoms with Crippen molar-refractivity contribution in [1.82, 2.24) is 15.5 Å². The largest absolute Gasteiger partial charge is 0.347 e. The number of nitrogens with one attached hydrogen (secondary N) is 3. The summed E-state index contributed by atoms with van der Waals surface area (Å²) in [5.41, 5.74) is 2.51. The van der Waals surface area contributed by atoms with Gasteiger partial charge in [0.1, 0.15) is 0 Å². The Morgan fingerprint density at radius 2 is 2.00 bits per heavy atom. The highest BCUT2D eigenvalue weighted by atomic mass is 32.1. The molecule has 1 aliphatic heterocycles. The summed E-state index contributed by atoms with van der Waals surface area (Å²) in [5.74, 6) is -0.163. The van der Waals surface area contributed by atoms with Gasteiger partial charge in [0.25, 0.3) is 5.91 Å². The van der Waals surface area contributed by atoms with Crippen LogP contribution in [0.5, 0.6) is 0 Å². The van der Waals surface area contributed by atoms with E-state index in [0.717, 1.165) is 24.4 Å². The normalized spacial score (nSPS) is 14.5. The Morgan fingerprint density at radius 1 is 1.10 bits per heavy atom. The van der Waals surface area contributed by atoms with E-state index in [-0.39, 0.29) is 18.0 Å². The molecular weight excluding hydrogens is 428 g/mol. The molecule has 1 aliphatic rings. The third kappa shape index (κ3) is 5.72. The van der Waals surface area contributed by atoms with Gasteiger partial charge in [-0.1, -0.05) is 12.1 Å². The van der Waals surface area contributed by atoms with Crippen molar-refractivity contribution in [3.63, 3.8) is 0 Å². The molecular formula is C23H26N4O2S2. The molecule has 31 heavy (non-hydrogen) atoms. The zero-order valence-electron chi connectivity index (χ0n) is 17.4. The molecule has 3 amide bonds. The molecule has 0 fully saturated rings. The fraction of sp³-hybridized carbons (Fsp3) is 0.304. The number of thiophene rings is 2. The highest BCUT2D eigenvalue weighted by Gasteiger charge is 2.21. The monoisotopic (exact) mass is 454 g/mol. The first-order chi connectivity index (χ1) is 15.1. The van der Waals surface area contributed by atoms with Gasteiger partial charge in [-0.2, -0.15) is 0 Å². The van der Waals surface area contributed by atoms with Gasteiger partial charge in [-0.3, -0.25) is 9.69 Å². The van der Waals surface area contributed by atoms with E-state index in [0.29, 0.717) is 24.3 Å². The number of carbonyl (C=O) groups is 2. The topological polar surface area (TPSA) is 73.5 Å². The van der Waals surface area contributed by atoms with Crippen molar-refractivity contribution in [1.29, 1.82) is 0 Å². The molecule has 6 nitrogen and oxygen atoms in total. The van der Waals surface area contributed by atoms with Gasteiger partial charge in [-0.15, -0.1) is 22.7 Å². The van der Waals surface area contributed by atoms with Crippen LogP contribution in [-0.2, 0) is 19.5 Å². The molecule has 1 atom stereocenters. The predicted molar refractivity (Wildman–Crippen MR) is 127 cm³/mol. The van der Waals surface area contributed by atoms with Crippen molar-refractivity contribution < 1.29 is 9.59 Å². The van der Waals surface area contributed by atoms with E-state index in [9.17, 15) is 9.59 Å². The van der Waals surface area contributed by atoms with Crippen LogP contribution >= 0.6 is 22.7 Å². The van der Waals surface area contributed by atoms with Crippen molar-refractivity contribution in [2.75, 3.05) is 18.4 Å². The summed E-state index contributed by atoms with van der Waals surface area (Å²) in [5, 5.41) is 12.8. The number of hydrogen-bond donors (Lipinski definition) is 3. The van der Waals surface area contributed by atoms with Crippen LogP contribution in [-0.4, -0.2) is 36.0 Å². The zero-order valence-corrected chi connectivity index (χ0v) is 19.0. The molecule has 3 aromatic rings. The van der Waals surface area contributed by atoms with Crippen LogP contribution in [0.3, 0.4) is 0 Å². The Balaban J connectivity index is 1.25. The van der Waals surface area contributed by atoms with Gasteiger partial charge in [-0.25, -0.2) is 4.79 Å². The van der Waals surface area contributed by atoms with Crippen LogP contribution in [0, 0.1) is 0 Å². The summed E-state index contributed by atoms with van der Waals surface area (Å²) in [6, 6.07) is 13.1. The smallest absolute Gasteiger partial charge is 0.319 e. The van der Waals surface area contributed by atoms with Crippen molar-refractivity contribution in [3.8, 4) is 0 Å². The van der Waals surface area contributed by atoms with Crippen LogP contribution < -0.4 is 16.0 Å². The molecule has 0 saturated heterocycles. The van der Waals surface area contributed by atoms with Crippen LogP contribution in [0.1, 0.15) is 32.6 Å². The van der Waals surface area contributed by atoms with Crippen LogP contribution in [0.15, 0.2) is 53.2 Å². The minimum absolute atomic E-state index is 0.163. The number of fused-ring (bicyclic) bond motifs is 1. The van der Waals surface area contributed by atoms with Gasteiger partial charge in [0.15, 0.2) is 0 Å². The second kappa shape index (κ2) is 10.1. The Bertz CT molecular complexity index is 1030. The number of nitrogens with zero attached hydrogens (tertiary/aromatic N) is 1. The summed E-state index contributed by atoms with van der Waals surface area (Å²) in [4.78, 5) is 29.8. The van der Waals surface area contributed by atoms with Gasteiger partial charge in [0.2, 0.25) is 0 Å². The number of carbonyl (C=O) groups excluding carboxylic acids is 2. The maximum Gasteiger partial charge on any atom is 0.319 e. The van der Waals surface area contributed by atoms with Crippen molar-refractivity contribution >= 4 is 40.3 Å². The summed E-state index contributed by atoms with van der Waals surface area (Å²) in [6.07, 6.45) is 1.07. The lowest BCUT2D eigenvalue weighted by Crippen LogP contribution is -2.45.